The van der Waals surface area contributed by atoms with Crippen molar-refractivity contribution < 1.29 is 4.74 Å². The fourth-order valence-electron chi connectivity index (χ4n) is 1.97. The number of thiazole rings is 1. The molecule has 3 aromatic rings. The van der Waals surface area contributed by atoms with E-state index in [4.69, 9.17) is 4.74 Å². The van der Waals surface area contributed by atoms with Crippen molar-refractivity contribution in [2.45, 2.75) is 13.5 Å². The molecule has 0 atom stereocenters. The lowest BCUT2D eigenvalue weighted by molar-refractivity contribution is 0.483. The van der Waals surface area contributed by atoms with Gasteiger partial charge < -0.3 is 10.1 Å². The summed E-state index contributed by atoms with van der Waals surface area (Å²) in [6.07, 6.45) is 1.91. The minimum Gasteiger partial charge on any atom is -0.457 e. The number of hydrogen-bond acceptors (Lipinski definition) is 4. The Hall–Kier alpha value is -2.33. The summed E-state index contributed by atoms with van der Waals surface area (Å²) in [7, 11) is 0. The molecule has 0 aliphatic carbocycles. The number of para-hydroxylation sites is 1. The Bertz CT molecular complexity index is 710. The third kappa shape index (κ3) is 3.83. The van der Waals surface area contributed by atoms with Crippen molar-refractivity contribution >= 4 is 17.0 Å². The third-order valence-corrected chi connectivity index (χ3v) is 3.86. The Morgan fingerprint density at radius 1 is 1.05 bits per heavy atom. The van der Waals surface area contributed by atoms with Gasteiger partial charge in [0.15, 0.2) is 0 Å². The lowest BCUT2D eigenvalue weighted by Crippen LogP contribution is -1.97. The summed E-state index contributed by atoms with van der Waals surface area (Å²) in [5.74, 6) is 1.67. The Labute approximate surface area is 128 Å². The van der Waals surface area contributed by atoms with Crippen LogP contribution in [0, 0.1) is 6.92 Å². The van der Waals surface area contributed by atoms with E-state index in [9.17, 15) is 0 Å². The van der Waals surface area contributed by atoms with Crippen LogP contribution in [-0.4, -0.2) is 4.98 Å². The van der Waals surface area contributed by atoms with Gasteiger partial charge in [-0.15, -0.1) is 11.3 Å². The van der Waals surface area contributed by atoms with Crippen molar-refractivity contribution in [1.29, 1.82) is 0 Å². The maximum absolute atomic E-state index is 5.83. The van der Waals surface area contributed by atoms with Crippen molar-refractivity contribution in [2.75, 3.05) is 5.32 Å². The van der Waals surface area contributed by atoms with Crippen LogP contribution in [0.1, 0.15) is 9.88 Å². The molecule has 3 nitrogen and oxygen atoms in total. The highest BCUT2D eigenvalue weighted by Crippen LogP contribution is 2.24. The van der Waals surface area contributed by atoms with E-state index in [1.165, 1.54) is 4.88 Å². The summed E-state index contributed by atoms with van der Waals surface area (Å²) < 4.78 is 5.83. The van der Waals surface area contributed by atoms with E-state index in [0.29, 0.717) is 0 Å². The third-order valence-electron chi connectivity index (χ3n) is 2.95. The number of nitrogens with zero attached hydrogens (tertiary/aromatic N) is 1. The molecular weight excluding hydrogens is 280 g/mol. The molecule has 0 radical (unpaired) electrons. The van der Waals surface area contributed by atoms with Crippen molar-refractivity contribution in [2.24, 2.45) is 0 Å². The first-order valence-corrected chi connectivity index (χ1v) is 7.59. The van der Waals surface area contributed by atoms with Crippen LogP contribution in [-0.2, 0) is 6.54 Å². The van der Waals surface area contributed by atoms with E-state index in [-0.39, 0.29) is 0 Å². The Kier molecular flexibility index (Phi) is 4.17. The number of aromatic nitrogens is 1. The van der Waals surface area contributed by atoms with Gasteiger partial charge in [0, 0.05) is 22.8 Å². The maximum atomic E-state index is 5.83. The summed E-state index contributed by atoms with van der Waals surface area (Å²) in [4.78, 5) is 5.48. The highest BCUT2D eigenvalue weighted by Gasteiger charge is 2.01. The van der Waals surface area contributed by atoms with Crippen molar-refractivity contribution in [3.05, 3.63) is 70.7 Å². The Morgan fingerprint density at radius 2 is 1.86 bits per heavy atom. The summed E-state index contributed by atoms with van der Waals surface area (Å²) in [5.41, 5.74) is 1.04. The molecule has 0 unspecified atom stereocenters. The van der Waals surface area contributed by atoms with Gasteiger partial charge >= 0.3 is 0 Å². The minimum atomic E-state index is 0.778. The highest BCUT2D eigenvalue weighted by molar-refractivity contribution is 7.11. The van der Waals surface area contributed by atoms with Crippen LogP contribution in [0.2, 0.25) is 0 Å². The van der Waals surface area contributed by atoms with Crippen LogP contribution in [0.4, 0.5) is 5.69 Å². The summed E-state index contributed by atoms with van der Waals surface area (Å²) in [6, 6.07) is 17.8. The van der Waals surface area contributed by atoms with E-state index in [1.807, 2.05) is 67.7 Å². The van der Waals surface area contributed by atoms with Gasteiger partial charge in [-0.3, -0.25) is 0 Å². The normalized spacial score (nSPS) is 10.3. The summed E-state index contributed by atoms with van der Waals surface area (Å²) in [6.45, 7) is 2.79. The zero-order valence-electron chi connectivity index (χ0n) is 11.7. The topological polar surface area (TPSA) is 34.2 Å². The molecule has 0 spiro atoms. The Morgan fingerprint density at radius 3 is 2.62 bits per heavy atom. The average molecular weight is 296 g/mol. The molecule has 3 rings (SSSR count). The van der Waals surface area contributed by atoms with Crippen LogP contribution in [0.5, 0.6) is 11.5 Å². The van der Waals surface area contributed by atoms with Crippen molar-refractivity contribution in [3.8, 4) is 11.5 Å². The van der Waals surface area contributed by atoms with Crippen molar-refractivity contribution in [1.82, 2.24) is 4.98 Å². The van der Waals surface area contributed by atoms with Crippen LogP contribution >= 0.6 is 11.3 Å². The number of ether oxygens (including phenoxy) is 1. The molecule has 0 amide bonds. The van der Waals surface area contributed by atoms with Gasteiger partial charge in [0.2, 0.25) is 0 Å². The molecule has 106 valence electrons. The largest absolute Gasteiger partial charge is 0.457 e. The molecule has 0 aliphatic heterocycles. The van der Waals surface area contributed by atoms with Gasteiger partial charge in [-0.2, -0.15) is 0 Å². The second-order valence-electron chi connectivity index (χ2n) is 4.64. The molecule has 4 heteroatoms. The van der Waals surface area contributed by atoms with Crippen LogP contribution < -0.4 is 10.1 Å². The fraction of sp³-hybridized carbons (Fsp3) is 0.118. The SMILES string of the molecule is Cc1ncc(CNc2cccc(Oc3ccccc3)c2)s1. The van der Waals surface area contributed by atoms with Gasteiger partial charge in [-0.05, 0) is 31.2 Å². The van der Waals surface area contributed by atoms with E-state index in [1.54, 1.807) is 11.3 Å². The molecule has 1 aromatic heterocycles. The molecule has 0 aliphatic rings. The molecule has 0 fully saturated rings. The monoisotopic (exact) mass is 296 g/mol. The number of hydrogen-bond donors (Lipinski definition) is 1. The number of rotatable bonds is 5. The van der Waals surface area contributed by atoms with Gasteiger partial charge in [-0.1, -0.05) is 24.3 Å². The molecule has 0 bridgehead atoms. The van der Waals surface area contributed by atoms with Crippen LogP contribution in [0.3, 0.4) is 0 Å². The number of nitrogens with one attached hydrogen (secondary N) is 1. The van der Waals surface area contributed by atoms with E-state index < -0.39 is 0 Å². The average Bonchev–Trinajstić information content (AvgIpc) is 2.92. The smallest absolute Gasteiger partial charge is 0.129 e. The van der Waals surface area contributed by atoms with Crippen LogP contribution in [0.25, 0.3) is 0 Å². The maximum Gasteiger partial charge on any atom is 0.129 e. The zero-order chi connectivity index (χ0) is 14.5. The molecular formula is C17H16N2OS. The van der Waals surface area contributed by atoms with Crippen molar-refractivity contribution in [3.63, 3.8) is 0 Å². The molecule has 0 saturated carbocycles. The summed E-state index contributed by atoms with van der Waals surface area (Å²) in [5, 5.41) is 4.48. The number of anilines is 1. The minimum absolute atomic E-state index is 0.778. The zero-order valence-corrected chi connectivity index (χ0v) is 12.6. The molecule has 1 heterocycles. The lowest BCUT2D eigenvalue weighted by atomic mass is 10.3. The van der Waals surface area contributed by atoms with Gasteiger partial charge in [0.05, 0.1) is 11.6 Å². The lowest BCUT2D eigenvalue weighted by Gasteiger charge is -2.09. The molecule has 0 saturated heterocycles. The highest BCUT2D eigenvalue weighted by atomic mass is 32.1. The van der Waals surface area contributed by atoms with Gasteiger partial charge in [0.1, 0.15) is 11.5 Å². The predicted octanol–water partition coefficient (Wildman–Crippen LogP) is 4.86. The van der Waals surface area contributed by atoms with E-state index in [2.05, 4.69) is 10.3 Å². The van der Waals surface area contributed by atoms with Gasteiger partial charge in [-0.25, -0.2) is 4.98 Å². The van der Waals surface area contributed by atoms with E-state index >= 15 is 0 Å². The predicted molar refractivity (Wildman–Crippen MR) is 87.1 cm³/mol. The summed E-state index contributed by atoms with van der Waals surface area (Å²) >= 11 is 1.71. The molecule has 2 aromatic carbocycles. The molecule has 1 N–H and O–H groups in total. The second kappa shape index (κ2) is 6.41. The first-order chi connectivity index (χ1) is 10.3. The van der Waals surface area contributed by atoms with Crippen LogP contribution in [0.15, 0.2) is 60.8 Å². The molecule has 21 heavy (non-hydrogen) atoms. The van der Waals surface area contributed by atoms with Gasteiger partial charge in [0.25, 0.3) is 0 Å². The first-order valence-electron chi connectivity index (χ1n) is 6.78. The Balaban J connectivity index is 1.65. The second-order valence-corrected chi connectivity index (χ2v) is 5.96. The standard InChI is InChI=1S/C17H16N2OS/c1-13-18-11-17(21-13)12-19-14-6-5-9-16(10-14)20-15-7-3-2-4-8-15/h2-11,19H,12H2,1H3. The quantitative estimate of drug-likeness (QED) is 0.730. The number of benzene rings is 2. The fourth-order valence-corrected chi connectivity index (χ4v) is 2.70. The van der Waals surface area contributed by atoms with E-state index in [0.717, 1.165) is 28.7 Å². The number of aryl methyl sites for hydroxylation is 1. The first kappa shape index (κ1) is 13.6.